The average Bonchev–Trinajstić information content (AvgIpc) is 2.34. The van der Waals surface area contributed by atoms with Crippen LogP contribution in [0.25, 0.3) is 0 Å². The summed E-state index contributed by atoms with van der Waals surface area (Å²) in [6.45, 7) is 4.49. The summed E-state index contributed by atoms with van der Waals surface area (Å²) >= 11 is 0. The first-order valence-corrected chi connectivity index (χ1v) is 6.09. The molecule has 0 spiro atoms. The van der Waals surface area contributed by atoms with Crippen LogP contribution in [0.2, 0.25) is 0 Å². The lowest BCUT2D eigenvalue weighted by molar-refractivity contribution is -0.137. The summed E-state index contributed by atoms with van der Waals surface area (Å²) in [5.41, 5.74) is 7.73. The summed E-state index contributed by atoms with van der Waals surface area (Å²) in [6.07, 6.45) is 0.0222. The van der Waals surface area contributed by atoms with Crippen molar-refractivity contribution >= 4 is 5.97 Å². The minimum atomic E-state index is -0.845. The van der Waals surface area contributed by atoms with Gasteiger partial charge in [-0.05, 0) is 29.7 Å². The summed E-state index contributed by atoms with van der Waals surface area (Å²) in [7, 11) is 1.59. The molecule has 4 heteroatoms. The third-order valence-corrected chi connectivity index (χ3v) is 3.07. The maximum absolute atomic E-state index is 10.9. The number of rotatable bonds is 6. The number of hydrogen-bond acceptors (Lipinski definition) is 3. The van der Waals surface area contributed by atoms with Crippen LogP contribution >= 0.6 is 0 Å². The van der Waals surface area contributed by atoms with Gasteiger partial charge in [-0.25, -0.2) is 0 Å². The van der Waals surface area contributed by atoms with Crippen molar-refractivity contribution in [2.75, 3.05) is 13.7 Å². The van der Waals surface area contributed by atoms with Gasteiger partial charge in [0.05, 0.1) is 13.5 Å². The van der Waals surface area contributed by atoms with Crippen molar-refractivity contribution < 1.29 is 14.6 Å². The molecule has 0 amide bonds. The molecule has 0 saturated carbocycles. The van der Waals surface area contributed by atoms with Crippen molar-refractivity contribution in [3.05, 3.63) is 29.3 Å². The van der Waals surface area contributed by atoms with Gasteiger partial charge in [-0.3, -0.25) is 4.79 Å². The Hall–Kier alpha value is -1.55. The lowest BCUT2D eigenvalue weighted by atomic mass is 9.91. The van der Waals surface area contributed by atoms with Crippen LogP contribution in [0.5, 0.6) is 5.75 Å². The Morgan fingerprint density at radius 1 is 1.44 bits per heavy atom. The van der Waals surface area contributed by atoms with Crippen LogP contribution in [0.15, 0.2) is 18.2 Å². The summed E-state index contributed by atoms with van der Waals surface area (Å²) < 4.78 is 5.30. The number of carboxylic acids is 1. The monoisotopic (exact) mass is 251 g/mol. The Labute approximate surface area is 108 Å². The van der Waals surface area contributed by atoms with E-state index in [0.717, 1.165) is 11.1 Å². The molecule has 1 unspecified atom stereocenters. The van der Waals surface area contributed by atoms with Crippen LogP contribution in [0.1, 0.15) is 43.2 Å². The van der Waals surface area contributed by atoms with E-state index in [0.29, 0.717) is 18.2 Å². The van der Waals surface area contributed by atoms with Crippen molar-refractivity contribution in [2.45, 2.75) is 32.1 Å². The average molecular weight is 251 g/mol. The van der Waals surface area contributed by atoms with Crippen LogP contribution in [0, 0.1) is 0 Å². The molecule has 3 N–H and O–H groups in total. The van der Waals surface area contributed by atoms with Gasteiger partial charge in [0, 0.05) is 5.92 Å². The van der Waals surface area contributed by atoms with Crippen molar-refractivity contribution in [3.8, 4) is 5.75 Å². The van der Waals surface area contributed by atoms with E-state index in [1.807, 2.05) is 18.2 Å². The van der Waals surface area contributed by atoms with Crippen LogP contribution in [0.4, 0.5) is 0 Å². The largest absolute Gasteiger partial charge is 0.496 e. The molecular formula is C14H21NO3. The van der Waals surface area contributed by atoms with E-state index >= 15 is 0 Å². The molecule has 1 aromatic rings. The predicted octanol–water partition coefficient (Wildman–Crippen LogP) is 2.34. The molecule has 1 atom stereocenters. The van der Waals surface area contributed by atoms with Crippen LogP contribution in [0.3, 0.4) is 0 Å². The highest BCUT2D eigenvalue weighted by molar-refractivity contribution is 5.68. The first-order chi connectivity index (χ1) is 8.49. The smallest absolute Gasteiger partial charge is 0.304 e. The van der Waals surface area contributed by atoms with Gasteiger partial charge in [0.15, 0.2) is 0 Å². The van der Waals surface area contributed by atoms with Crippen LogP contribution < -0.4 is 10.5 Å². The van der Waals surface area contributed by atoms with E-state index < -0.39 is 5.97 Å². The lowest BCUT2D eigenvalue weighted by Crippen LogP contribution is -2.17. The number of methoxy groups -OCH3 is 1. The number of hydrogen-bond donors (Lipinski definition) is 2. The van der Waals surface area contributed by atoms with Crippen LogP contribution in [-0.2, 0) is 4.79 Å². The topological polar surface area (TPSA) is 72.5 Å². The molecule has 0 aliphatic carbocycles. The highest BCUT2D eigenvalue weighted by Crippen LogP contribution is 2.31. The second-order valence-corrected chi connectivity index (χ2v) is 4.69. The van der Waals surface area contributed by atoms with Gasteiger partial charge < -0.3 is 15.6 Å². The molecule has 0 aliphatic rings. The van der Waals surface area contributed by atoms with Gasteiger partial charge in [0.2, 0.25) is 0 Å². The van der Waals surface area contributed by atoms with Crippen molar-refractivity contribution in [2.24, 2.45) is 5.73 Å². The highest BCUT2D eigenvalue weighted by atomic mass is 16.5. The Morgan fingerprint density at radius 3 is 2.56 bits per heavy atom. The molecule has 0 aromatic heterocycles. The van der Waals surface area contributed by atoms with Gasteiger partial charge >= 0.3 is 5.97 Å². The maximum Gasteiger partial charge on any atom is 0.304 e. The second kappa shape index (κ2) is 6.40. The number of nitrogens with two attached hydrogens (primary N) is 1. The minimum absolute atomic E-state index is 0.0222. The van der Waals surface area contributed by atoms with Crippen molar-refractivity contribution in [3.63, 3.8) is 0 Å². The molecule has 4 nitrogen and oxygen atoms in total. The lowest BCUT2D eigenvalue weighted by Gasteiger charge is -2.18. The number of aliphatic carboxylic acids is 1. The SMILES string of the molecule is COc1ccc(C(C)C)cc1C(CN)CC(=O)O. The van der Waals surface area contributed by atoms with Crippen molar-refractivity contribution in [1.82, 2.24) is 0 Å². The molecule has 0 bridgehead atoms. The molecule has 1 aromatic carbocycles. The first-order valence-electron chi connectivity index (χ1n) is 6.09. The molecule has 18 heavy (non-hydrogen) atoms. The number of ether oxygens (including phenoxy) is 1. The number of benzene rings is 1. The Bertz CT molecular complexity index is 416. The number of carbonyl (C=O) groups is 1. The summed E-state index contributed by atoms with van der Waals surface area (Å²) in [4.78, 5) is 10.9. The Balaban J connectivity index is 3.16. The Kier molecular flexibility index (Phi) is 5.16. The Morgan fingerprint density at radius 2 is 2.11 bits per heavy atom. The third-order valence-electron chi connectivity index (χ3n) is 3.07. The second-order valence-electron chi connectivity index (χ2n) is 4.69. The maximum atomic E-state index is 10.9. The first kappa shape index (κ1) is 14.5. The molecule has 100 valence electrons. The van der Waals surface area contributed by atoms with Gasteiger partial charge in [0.1, 0.15) is 5.75 Å². The fourth-order valence-electron chi connectivity index (χ4n) is 1.96. The molecule has 0 radical (unpaired) electrons. The van der Waals surface area contributed by atoms with E-state index in [1.54, 1.807) is 7.11 Å². The number of carboxylic acid groups (broad SMARTS) is 1. The summed E-state index contributed by atoms with van der Waals surface area (Å²) in [6, 6.07) is 5.89. The standard InChI is InChI=1S/C14H21NO3/c1-9(2)10-4-5-13(18-3)12(6-10)11(8-15)7-14(16)17/h4-6,9,11H,7-8,15H2,1-3H3,(H,16,17). The molecule has 0 fully saturated rings. The zero-order chi connectivity index (χ0) is 13.7. The van der Waals surface area contributed by atoms with Gasteiger partial charge in [-0.1, -0.05) is 26.0 Å². The molecule has 0 saturated heterocycles. The van der Waals surface area contributed by atoms with E-state index in [2.05, 4.69) is 13.8 Å². The van der Waals surface area contributed by atoms with Gasteiger partial charge in [-0.2, -0.15) is 0 Å². The third kappa shape index (κ3) is 3.47. The van der Waals surface area contributed by atoms with Crippen molar-refractivity contribution in [1.29, 1.82) is 0 Å². The highest BCUT2D eigenvalue weighted by Gasteiger charge is 2.19. The quantitative estimate of drug-likeness (QED) is 0.814. The summed E-state index contributed by atoms with van der Waals surface area (Å²) in [5.74, 6) is 0.0348. The fraction of sp³-hybridized carbons (Fsp3) is 0.500. The van der Waals surface area contributed by atoms with E-state index in [1.165, 1.54) is 0 Å². The van der Waals surface area contributed by atoms with Crippen LogP contribution in [-0.4, -0.2) is 24.7 Å². The van der Waals surface area contributed by atoms with E-state index in [-0.39, 0.29) is 12.3 Å². The van der Waals surface area contributed by atoms with E-state index in [9.17, 15) is 4.79 Å². The van der Waals surface area contributed by atoms with Gasteiger partial charge in [-0.15, -0.1) is 0 Å². The van der Waals surface area contributed by atoms with Gasteiger partial charge in [0.25, 0.3) is 0 Å². The zero-order valence-electron chi connectivity index (χ0n) is 11.1. The fourth-order valence-corrected chi connectivity index (χ4v) is 1.96. The normalized spacial score (nSPS) is 12.5. The molecular weight excluding hydrogens is 230 g/mol. The molecule has 0 aliphatic heterocycles. The zero-order valence-corrected chi connectivity index (χ0v) is 11.1. The van der Waals surface area contributed by atoms with E-state index in [4.69, 9.17) is 15.6 Å². The molecule has 1 rings (SSSR count). The predicted molar refractivity (Wildman–Crippen MR) is 71.1 cm³/mol. The molecule has 0 heterocycles. The minimum Gasteiger partial charge on any atom is -0.496 e. The summed E-state index contributed by atoms with van der Waals surface area (Å²) in [5, 5.41) is 8.92.